The largest absolute Gasteiger partial charge is 0.349 e. The lowest BCUT2D eigenvalue weighted by atomic mass is 10.1. The first-order valence-electron chi connectivity index (χ1n) is 5.08. The van der Waals surface area contributed by atoms with Crippen molar-refractivity contribution in [2.24, 2.45) is 5.92 Å². The molecular formula is C11H15BrClNOS. The molecule has 0 saturated heterocycles. The Morgan fingerprint density at radius 2 is 2.25 bits per heavy atom. The fourth-order valence-electron chi connectivity index (χ4n) is 1.13. The minimum absolute atomic E-state index is 0.0248. The summed E-state index contributed by atoms with van der Waals surface area (Å²) in [6.45, 7) is 5.97. The maximum absolute atomic E-state index is 11.9. The fraction of sp³-hybridized carbons (Fsp3) is 0.545. The third-order valence-electron chi connectivity index (χ3n) is 2.54. The predicted octanol–water partition coefficient (Wildman–Crippen LogP) is 3.81. The molecule has 2 atom stereocenters. The van der Waals surface area contributed by atoms with Gasteiger partial charge in [0.1, 0.15) is 0 Å². The van der Waals surface area contributed by atoms with Gasteiger partial charge in [-0.1, -0.05) is 6.92 Å². The second kappa shape index (κ2) is 6.03. The Balaban J connectivity index is 2.65. The van der Waals surface area contributed by atoms with Crippen LogP contribution in [-0.4, -0.2) is 17.8 Å². The summed E-state index contributed by atoms with van der Waals surface area (Å²) in [6.07, 6.45) is 0. The number of hydrogen-bond acceptors (Lipinski definition) is 2. The first kappa shape index (κ1) is 14.0. The summed E-state index contributed by atoms with van der Waals surface area (Å²) in [4.78, 5) is 12.6. The Labute approximate surface area is 114 Å². The van der Waals surface area contributed by atoms with Gasteiger partial charge in [0, 0.05) is 11.9 Å². The molecule has 0 saturated carbocycles. The third kappa shape index (κ3) is 3.47. The molecule has 1 amide bonds. The Kier molecular flexibility index (Phi) is 5.28. The number of thiophene rings is 1. The zero-order valence-corrected chi connectivity index (χ0v) is 12.7. The topological polar surface area (TPSA) is 29.1 Å². The lowest BCUT2D eigenvalue weighted by Gasteiger charge is -2.18. The Morgan fingerprint density at radius 1 is 1.62 bits per heavy atom. The smallest absolute Gasteiger partial charge is 0.261 e. The Bertz CT molecular complexity index is 361. The van der Waals surface area contributed by atoms with Crippen LogP contribution in [0.1, 0.15) is 29.1 Å². The molecule has 1 rings (SSSR count). The lowest BCUT2D eigenvalue weighted by molar-refractivity contribution is 0.0935. The zero-order chi connectivity index (χ0) is 12.3. The number of halogens is 2. The standard InChI is InChI=1S/C11H15BrClNOS/c1-6-4-9(16-10(6)12)11(15)14-8(3)7(2)5-13/h4,7-8H,5H2,1-3H3,(H,14,15). The van der Waals surface area contributed by atoms with Crippen LogP contribution in [0, 0.1) is 12.8 Å². The monoisotopic (exact) mass is 323 g/mol. The van der Waals surface area contributed by atoms with E-state index in [1.165, 1.54) is 11.3 Å². The molecule has 16 heavy (non-hydrogen) atoms. The molecule has 1 N–H and O–H groups in total. The summed E-state index contributed by atoms with van der Waals surface area (Å²) in [5.41, 5.74) is 1.09. The van der Waals surface area contributed by atoms with Crippen molar-refractivity contribution in [1.29, 1.82) is 0 Å². The maximum Gasteiger partial charge on any atom is 0.261 e. The number of amides is 1. The van der Waals surface area contributed by atoms with E-state index in [0.29, 0.717) is 5.88 Å². The van der Waals surface area contributed by atoms with E-state index in [1.54, 1.807) is 0 Å². The van der Waals surface area contributed by atoms with Crippen molar-refractivity contribution in [2.45, 2.75) is 26.8 Å². The highest BCUT2D eigenvalue weighted by Gasteiger charge is 2.17. The van der Waals surface area contributed by atoms with Crippen molar-refractivity contribution < 1.29 is 4.79 Å². The molecule has 0 aromatic carbocycles. The van der Waals surface area contributed by atoms with Gasteiger partial charge in [0.05, 0.1) is 8.66 Å². The molecule has 1 aromatic rings. The Hall–Kier alpha value is -0.0600. The Morgan fingerprint density at radius 3 is 2.69 bits per heavy atom. The third-order valence-corrected chi connectivity index (χ3v) is 5.16. The van der Waals surface area contributed by atoms with Crippen molar-refractivity contribution in [3.05, 3.63) is 20.3 Å². The number of hydrogen-bond donors (Lipinski definition) is 1. The zero-order valence-electron chi connectivity index (χ0n) is 9.51. The van der Waals surface area contributed by atoms with E-state index >= 15 is 0 Å². The van der Waals surface area contributed by atoms with Gasteiger partial charge in [0.25, 0.3) is 5.91 Å². The highest BCUT2D eigenvalue weighted by atomic mass is 79.9. The van der Waals surface area contributed by atoms with Crippen molar-refractivity contribution in [1.82, 2.24) is 5.32 Å². The first-order chi connectivity index (χ1) is 7.45. The first-order valence-corrected chi connectivity index (χ1v) is 7.22. The molecule has 0 fully saturated rings. The maximum atomic E-state index is 11.9. The normalized spacial score (nSPS) is 14.6. The SMILES string of the molecule is Cc1cc(C(=O)NC(C)C(C)CCl)sc1Br. The molecule has 2 nitrogen and oxygen atoms in total. The van der Waals surface area contributed by atoms with Crippen LogP contribution >= 0.6 is 38.9 Å². The van der Waals surface area contributed by atoms with Gasteiger partial charge in [-0.05, 0) is 47.3 Å². The van der Waals surface area contributed by atoms with Gasteiger partial charge in [-0.15, -0.1) is 22.9 Å². The molecule has 0 bridgehead atoms. The molecule has 2 unspecified atom stereocenters. The van der Waals surface area contributed by atoms with E-state index < -0.39 is 0 Å². The van der Waals surface area contributed by atoms with Crippen molar-refractivity contribution in [3.63, 3.8) is 0 Å². The van der Waals surface area contributed by atoms with Gasteiger partial charge in [-0.25, -0.2) is 0 Å². The van der Waals surface area contributed by atoms with Crippen molar-refractivity contribution >= 4 is 44.8 Å². The molecule has 1 heterocycles. The summed E-state index contributed by atoms with van der Waals surface area (Å²) in [6, 6.07) is 1.98. The van der Waals surface area contributed by atoms with Crippen LogP contribution in [-0.2, 0) is 0 Å². The van der Waals surface area contributed by atoms with Gasteiger partial charge in [0.2, 0.25) is 0 Å². The van der Waals surface area contributed by atoms with Crippen LogP contribution in [0.4, 0.5) is 0 Å². The summed E-state index contributed by atoms with van der Waals surface area (Å²) in [5, 5.41) is 2.95. The molecule has 0 aliphatic rings. The molecule has 0 aliphatic carbocycles. The van der Waals surface area contributed by atoms with E-state index in [2.05, 4.69) is 21.2 Å². The highest BCUT2D eigenvalue weighted by molar-refractivity contribution is 9.11. The van der Waals surface area contributed by atoms with Crippen LogP contribution in [0.2, 0.25) is 0 Å². The van der Waals surface area contributed by atoms with Crippen LogP contribution in [0.25, 0.3) is 0 Å². The van der Waals surface area contributed by atoms with Crippen LogP contribution in [0.15, 0.2) is 9.85 Å². The quantitative estimate of drug-likeness (QED) is 0.838. The fourth-order valence-corrected chi connectivity index (χ4v) is 2.83. The van der Waals surface area contributed by atoms with Gasteiger partial charge in [-0.3, -0.25) is 4.79 Å². The number of carbonyl (C=O) groups excluding carboxylic acids is 1. The molecule has 0 aliphatic heterocycles. The number of nitrogens with one attached hydrogen (secondary N) is 1. The minimum atomic E-state index is -0.0248. The summed E-state index contributed by atoms with van der Waals surface area (Å²) < 4.78 is 1.01. The van der Waals surface area contributed by atoms with E-state index in [9.17, 15) is 4.79 Å². The van der Waals surface area contributed by atoms with Crippen LogP contribution in [0.3, 0.4) is 0 Å². The predicted molar refractivity (Wildman–Crippen MR) is 73.6 cm³/mol. The van der Waals surface area contributed by atoms with E-state index in [1.807, 2.05) is 26.8 Å². The highest BCUT2D eigenvalue weighted by Crippen LogP contribution is 2.27. The van der Waals surface area contributed by atoms with Gasteiger partial charge < -0.3 is 5.32 Å². The lowest BCUT2D eigenvalue weighted by Crippen LogP contribution is -2.37. The average Bonchev–Trinajstić information content (AvgIpc) is 2.58. The summed E-state index contributed by atoms with van der Waals surface area (Å²) >= 11 is 10.6. The van der Waals surface area contributed by atoms with E-state index in [4.69, 9.17) is 11.6 Å². The van der Waals surface area contributed by atoms with Crippen molar-refractivity contribution in [2.75, 3.05) is 5.88 Å². The molecule has 0 radical (unpaired) electrons. The summed E-state index contributed by atoms with van der Waals surface area (Å²) in [5.74, 6) is 0.799. The molecule has 5 heteroatoms. The van der Waals surface area contributed by atoms with Gasteiger partial charge >= 0.3 is 0 Å². The summed E-state index contributed by atoms with van der Waals surface area (Å²) in [7, 11) is 0. The van der Waals surface area contributed by atoms with Gasteiger partial charge in [0.15, 0.2) is 0 Å². The molecular weight excluding hydrogens is 310 g/mol. The molecule has 90 valence electrons. The second-order valence-corrected chi connectivity index (χ2v) is 6.64. The van der Waals surface area contributed by atoms with Crippen LogP contribution in [0.5, 0.6) is 0 Å². The average molecular weight is 325 g/mol. The number of aryl methyl sites for hydroxylation is 1. The van der Waals surface area contributed by atoms with Crippen molar-refractivity contribution in [3.8, 4) is 0 Å². The van der Waals surface area contributed by atoms with Gasteiger partial charge in [-0.2, -0.15) is 0 Å². The second-order valence-electron chi connectivity index (χ2n) is 3.96. The number of rotatable bonds is 4. The molecule has 1 aromatic heterocycles. The van der Waals surface area contributed by atoms with Crippen LogP contribution < -0.4 is 5.32 Å². The molecule has 0 spiro atoms. The van der Waals surface area contributed by atoms with E-state index in [0.717, 1.165) is 14.2 Å². The minimum Gasteiger partial charge on any atom is -0.349 e. The number of alkyl halides is 1. The van der Waals surface area contributed by atoms with E-state index in [-0.39, 0.29) is 17.9 Å². The number of carbonyl (C=O) groups is 1.